The van der Waals surface area contributed by atoms with Gasteiger partial charge in [0.25, 0.3) is 5.91 Å². The first-order valence-corrected chi connectivity index (χ1v) is 10.8. The number of nitrogens with one attached hydrogen (secondary N) is 1. The zero-order chi connectivity index (χ0) is 21.3. The average molecular weight is 417 g/mol. The van der Waals surface area contributed by atoms with Crippen LogP contribution < -0.4 is 10.1 Å². The Morgan fingerprint density at radius 1 is 1.23 bits per heavy atom. The number of imide groups is 1. The van der Waals surface area contributed by atoms with Gasteiger partial charge in [-0.15, -0.1) is 0 Å². The third kappa shape index (κ3) is 3.93. The molecule has 3 aliphatic rings. The van der Waals surface area contributed by atoms with Crippen molar-refractivity contribution in [1.82, 2.24) is 15.1 Å². The van der Waals surface area contributed by atoms with Gasteiger partial charge in [0, 0.05) is 31.1 Å². The van der Waals surface area contributed by atoms with Crippen LogP contribution in [0.3, 0.4) is 0 Å². The van der Waals surface area contributed by atoms with Gasteiger partial charge >= 0.3 is 0 Å². The fourth-order valence-corrected chi connectivity index (χ4v) is 4.93. The highest BCUT2D eigenvalue weighted by atomic mass is 19.1. The van der Waals surface area contributed by atoms with Gasteiger partial charge in [-0.25, -0.2) is 4.39 Å². The van der Waals surface area contributed by atoms with Crippen molar-refractivity contribution in [3.05, 3.63) is 29.3 Å². The molecule has 7 nitrogen and oxygen atoms in total. The van der Waals surface area contributed by atoms with Gasteiger partial charge in [-0.1, -0.05) is 6.92 Å². The highest BCUT2D eigenvalue weighted by Gasteiger charge is 2.39. The van der Waals surface area contributed by atoms with Gasteiger partial charge < -0.3 is 9.64 Å². The van der Waals surface area contributed by atoms with E-state index in [1.54, 1.807) is 12.1 Å². The molecular formula is C22H28FN3O4. The molecule has 3 atom stereocenters. The fraction of sp³-hybridized carbons (Fsp3) is 0.591. The largest absolute Gasteiger partial charge is 0.489 e. The first kappa shape index (κ1) is 20.8. The van der Waals surface area contributed by atoms with Crippen LogP contribution >= 0.6 is 0 Å². The van der Waals surface area contributed by atoms with Gasteiger partial charge in [0.15, 0.2) is 0 Å². The van der Waals surface area contributed by atoms with Gasteiger partial charge in [0.05, 0.1) is 0 Å². The number of rotatable bonds is 7. The average Bonchev–Trinajstić information content (AvgIpc) is 3.30. The van der Waals surface area contributed by atoms with Gasteiger partial charge in [-0.3, -0.25) is 24.6 Å². The summed E-state index contributed by atoms with van der Waals surface area (Å²) in [5.41, 5.74) is 1.40. The number of piperidine rings is 1. The number of carbonyl (C=O) groups excluding carboxylic acids is 3. The smallest absolute Gasteiger partial charge is 0.255 e. The minimum atomic E-state index is -0.620. The van der Waals surface area contributed by atoms with E-state index in [4.69, 9.17) is 4.74 Å². The maximum absolute atomic E-state index is 12.9. The Labute approximate surface area is 175 Å². The zero-order valence-corrected chi connectivity index (χ0v) is 17.2. The van der Waals surface area contributed by atoms with Crippen molar-refractivity contribution in [3.63, 3.8) is 0 Å². The molecule has 1 saturated carbocycles. The summed E-state index contributed by atoms with van der Waals surface area (Å²) in [5, 5.41) is 2.32. The standard InChI is InChI=1S/C22H28FN3O4/c1-2-25(11-10-23)17-4-3-5-19(17)30-15-6-7-16-14(12-15)13-26(22(16)29)18-8-9-20(27)24-21(18)28/h6-7,12,17-19H,2-5,8-11,13H2,1H3,(H,24,27,28)/t17-,18?,19+/m0/s1. The first-order chi connectivity index (χ1) is 14.5. The summed E-state index contributed by atoms with van der Waals surface area (Å²) in [6, 6.07) is 5.00. The quantitative estimate of drug-likeness (QED) is 0.687. The lowest BCUT2D eigenvalue weighted by Crippen LogP contribution is -2.52. The predicted molar refractivity (Wildman–Crippen MR) is 108 cm³/mol. The molecule has 1 unspecified atom stereocenters. The van der Waals surface area contributed by atoms with E-state index in [0.717, 1.165) is 31.4 Å². The van der Waals surface area contributed by atoms with Crippen molar-refractivity contribution in [2.45, 2.75) is 63.8 Å². The SMILES string of the molecule is CCN(CCF)[C@H]1CCC[C@H]1Oc1ccc2c(c1)CN(C1CCC(=O)NC1=O)C2=O. The van der Waals surface area contributed by atoms with Gasteiger partial charge in [-0.05, 0) is 56.0 Å². The second kappa shape index (κ2) is 8.71. The molecule has 2 aliphatic heterocycles. The van der Waals surface area contributed by atoms with Crippen molar-refractivity contribution < 1.29 is 23.5 Å². The number of fused-ring (bicyclic) bond motifs is 1. The zero-order valence-electron chi connectivity index (χ0n) is 17.2. The van der Waals surface area contributed by atoms with Gasteiger partial charge in [0.2, 0.25) is 11.8 Å². The van der Waals surface area contributed by atoms with Gasteiger partial charge in [0.1, 0.15) is 24.6 Å². The summed E-state index contributed by atoms with van der Waals surface area (Å²) in [7, 11) is 0. The number of alkyl halides is 1. The van der Waals surface area contributed by atoms with E-state index in [-0.39, 0.29) is 37.1 Å². The highest BCUT2D eigenvalue weighted by Crippen LogP contribution is 2.33. The number of amides is 3. The first-order valence-electron chi connectivity index (χ1n) is 10.8. The maximum atomic E-state index is 12.9. The predicted octanol–water partition coefficient (Wildman–Crippen LogP) is 2.04. The summed E-state index contributed by atoms with van der Waals surface area (Å²) in [6.07, 6.45) is 3.54. The van der Waals surface area contributed by atoms with E-state index < -0.39 is 11.9 Å². The molecule has 0 radical (unpaired) electrons. The Morgan fingerprint density at radius 2 is 2.07 bits per heavy atom. The van der Waals surface area contributed by atoms with E-state index in [1.165, 1.54) is 4.90 Å². The number of halogens is 1. The third-order valence-corrected chi connectivity index (χ3v) is 6.45. The van der Waals surface area contributed by atoms with Crippen LogP contribution in [-0.4, -0.2) is 65.5 Å². The Hall–Kier alpha value is -2.48. The summed E-state index contributed by atoms with van der Waals surface area (Å²) >= 11 is 0. The molecule has 0 spiro atoms. The third-order valence-electron chi connectivity index (χ3n) is 6.45. The Morgan fingerprint density at radius 3 is 2.80 bits per heavy atom. The van der Waals surface area contributed by atoms with Crippen molar-refractivity contribution in [2.75, 3.05) is 19.8 Å². The molecule has 1 saturated heterocycles. The molecule has 0 aromatic heterocycles. The van der Waals surface area contributed by atoms with Gasteiger partial charge in [-0.2, -0.15) is 0 Å². The lowest BCUT2D eigenvalue weighted by molar-refractivity contribution is -0.136. The summed E-state index contributed by atoms with van der Waals surface area (Å²) in [5.74, 6) is -0.203. The number of nitrogens with zero attached hydrogens (tertiary/aromatic N) is 2. The normalized spacial score (nSPS) is 26.3. The molecule has 1 aliphatic carbocycles. The molecule has 30 heavy (non-hydrogen) atoms. The minimum absolute atomic E-state index is 0.00195. The van der Waals surface area contributed by atoms with E-state index in [0.29, 0.717) is 30.8 Å². The minimum Gasteiger partial charge on any atom is -0.489 e. The van der Waals surface area contributed by atoms with E-state index >= 15 is 0 Å². The molecule has 1 aromatic rings. The molecule has 8 heteroatoms. The second-order valence-electron chi connectivity index (χ2n) is 8.19. The number of likely N-dealkylation sites (N-methyl/N-ethyl adjacent to an activating group) is 1. The number of ether oxygens (including phenoxy) is 1. The van der Waals surface area contributed by atoms with Crippen LogP contribution in [-0.2, 0) is 16.1 Å². The summed E-state index contributed by atoms with van der Waals surface area (Å²) in [6.45, 7) is 3.20. The fourth-order valence-electron chi connectivity index (χ4n) is 4.93. The monoisotopic (exact) mass is 417 g/mol. The number of benzene rings is 1. The van der Waals surface area contributed by atoms with E-state index in [1.807, 2.05) is 13.0 Å². The van der Waals surface area contributed by atoms with Crippen LogP contribution in [0.4, 0.5) is 4.39 Å². The molecule has 4 rings (SSSR count). The summed E-state index contributed by atoms with van der Waals surface area (Å²) < 4.78 is 19.2. The lowest BCUT2D eigenvalue weighted by Gasteiger charge is -2.31. The van der Waals surface area contributed by atoms with Crippen LogP contribution in [0.1, 0.15) is 54.9 Å². The Kier molecular flexibility index (Phi) is 6.04. The molecule has 0 bridgehead atoms. The molecule has 1 aromatic carbocycles. The molecule has 2 fully saturated rings. The molecule has 1 N–H and O–H groups in total. The Bertz CT molecular complexity index is 846. The van der Waals surface area contributed by atoms with Crippen molar-refractivity contribution in [3.8, 4) is 5.75 Å². The molecule has 2 heterocycles. The van der Waals surface area contributed by atoms with Crippen LogP contribution in [0.2, 0.25) is 0 Å². The lowest BCUT2D eigenvalue weighted by atomic mass is 10.0. The van der Waals surface area contributed by atoms with Crippen LogP contribution in [0.25, 0.3) is 0 Å². The molecule has 3 amide bonds. The van der Waals surface area contributed by atoms with E-state index in [9.17, 15) is 18.8 Å². The van der Waals surface area contributed by atoms with Crippen molar-refractivity contribution in [1.29, 1.82) is 0 Å². The topological polar surface area (TPSA) is 79.0 Å². The highest BCUT2D eigenvalue weighted by molar-refractivity contribution is 6.05. The molecular weight excluding hydrogens is 389 g/mol. The van der Waals surface area contributed by atoms with Crippen molar-refractivity contribution in [2.24, 2.45) is 0 Å². The number of hydrogen-bond acceptors (Lipinski definition) is 5. The second-order valence-corrected chi connectivity index (χ2v) is 8.19. The van der Waals surface area contributed by atoms with Crippen molar-refractivity contribution >= 4 is 17.7 Å². The number of hydrogen-bond donors (Lipinski definition) is 1. The Balaban J connectivity index is 1.46. The summed E-state index contributed by atoms with van der Waals surface area (Å²) in [4.78, 5) is 40.1. The van der Waals surface area contributed by atoms with Crippen LogP contribution in [0.15, 0.2) is 18.2 Å². The number of carbonyl (C=O) groups is 3. The van der Waals surface area contributed by atoms with E-state index in [2.05, 4.69) is 10.2 Å². The van der Waals surface area contributed by atoms with Crippen LogP contribution in [0, 0.1) is 0 Å². The maximum Gasteiger partial charge on any atom is 0.255 e. The van der Waals surface area contributed by atoms with Crippen LogP contribution in [0.5, 0.6) is 5.75 Å². The molecule has 162 valence electrons.